The van der Waals surface area contributed by atoms with Gasteiger partial charge in [-0.2, -0.15) is 0 Å². The van der Waals surface area contributed by atoms with Crippen LogP contribution in [0.5, 0.6) is 0 Å². The summed E-state index contributed by atoms with van der Waals surface area (Å²) in [5.41, 5.74) is 0.159. The van der Waals surface area contributed by atoms with E-state index in [0.717, 1.165) is 6.07 Å². The number of amides is 1. The number of carbonyl (C=O) groups excluding carboxylic acids is 2. The lowest BCUT2D eigenvalue weighted by atomic mass is 10.1. The maximum atomic E-state index is 12.3. The molecule has 28 heavy (non-hydrogen) atoms. The first-order valence-corrected chi connectivity index (χ1v) is 8.70. The molecule has 1 amide bonds. The fourth-order valence-corrected chi connectivity index (χ4v) is 2.35. The summed E-state index contributed by atoms with van der Waals surface area (Å²) in [6.07, 6.45) is -1.03. The van der Waals surface area contributed by atoms with E-state index in [4.69, 9.17) is 4.74 Å². The van der Waals surface area contributed by atoms with E-state index in [-0.39, 0.29) is 16.9 Å². The molecule has 0 heterocycles. The van der Waals surface area contributed by atoms with Crippen LogP contribution in [-0.2, 0) is 9.53 Å². The normalized spacial score (nSPS) is 12.0. The highest BCUT2D eigenvalue weighted by atomic mass is 16.6. The minimum Gasteiger partial charge on any atom is -0.449 e. The Labute approximate surface area is 163 Å². The average Bonchev–Trinajstić information content (AvgIpc) is 2.61. The van der Waals surface area contributed by atoms with Crippen molar-refractivity contribution in [2.24, 2.45) is 0 Å². The number of rotatable bonds is 6. The molecule has 0 radical (unpaired) electrons. The minimum atomic E-state index is -1.03. The van der Waals surface area contributed by atoms with Crippen LogP contribution >= 0.6 is 0 Å². The Morgan fingerprint density at radius 2 is 1.75 bits per heavy atom. The van der Waals surface area contributed by atoms with Crippen molar-refractivity contribution in [3.05, 3.63) is 64.2 Å². The van der Waals surface area contributed by atoms with Crippen LogP contribution in [0.2, 0.25) is 0 Å². The molecule has 0 aromatic heterocycles. The molecule has 0 spiro atoms. The van der Waals surface area contributed by atoms with Crippen molar-refractivity contribution < 1.29 is 19.2 Å². The number of ether oxygens (including phenoxy) is 1. The second-order valence-electron chi connectivity index (χ2n) is 7.27. The molecule has 0 aliphatic heterocycles. The van der Waals surface area contributed by atoms with E-state index in [0.29, 0.717) is 5.69 Å². The molecule has 0 bridgehead atoms. The van der Waals surface area contributed by atoms with E-state index in [1.807, 2.05) is 6.07 Å². The van der Waals surface area contributed by atoms with Gasteiger partial charge in [0.05, 0.1) is 10.5 Å². The molecule has 0 saturated heterocycles. The first-order valence-electron chi connectivity index (χ1n) is 8.70. The molecule has 8 nitrogen and oxygen atoms in total. The van der Waals surface area contributed by atoms with Crippen molar-refractivity contribution in [1.29, 1.82) is 0 Å². The Hall–Kier alpha value is -3.42. The predicted octanol–water partition coefficient (Wildman–Crippen LogP) is 3.80. The van der Waals surface area contributed by atoms with Gasteiger partial charge in [0.25, 0.3) is 11.6 Å². The molecular weight excluding hydrogens is 362 g/mol. The zero-order chi connectivity index (χ0) is 20.9. The second-order valence-corrected chi connectivity index (χ2v) is 7.27. The van der Waals surface area contributed by atoms with Crippen LogP contribution in [0.15, 0.2) is 48.5 Å². The summed E-state index contributed by atoms with van der Waals surface area (Å²) < 4.78 is 5.14. The SMILES string of the molecule is CC(OC(=O)c1ccc(Nc2ccccc2)c([N+](=O)[O-])c1)C(=O)NC(C)(C)C. The molecule has 2 rings (SSSR count). The zero-order valence-corrected chi connectivity index (χ0v) is 16.2. The number of carbonyl (C=O) groups is 2. The quantitative estimate of drug-likeness (QED) is 0.444. The number of nitro groups is 1. The Morgan fingerprint density at radius 1 is 1.11 bits per heavy atom. The molecule has 0 fully saturated rings. The summed E-state index contributed by atoms with van der Waals surface area (Å²) in [6, 6.07) is 12.9. The molecule has 148 valence electrons. The highest BCUT2D eigenvalue weighted by Gasteiger charge is 2.24. The molecule has 2 aromatic carbocycles. The van der Waals surface area contributed by atoms with Crippen LogP contribution < -0.4 is 10.6 Å². The number of esters is 1. The standard InChI is InChI=1S/C20H23N3O5/c1-13(18(24)22-20(2,3)4)28-19(25)14-10-11-16(17(12-14)23(26)27)21-15-8-6-5-7-9-15/h5-13,21H,1-4H3,(H,22,24). The Morgan fingerprint density at radius 3 is 2.32 bits per heavy atom. The van der Waals surface area contributed by atoms with E-state index in [9.17, 15) is 19.7 Å². The van der Waals surface area contributed by atoms with Crippen molar-refractivity contribution in [2.45, 2.75) is 39.3 Å². The lowest BCUT2D eigenvalue weighted by Gasteiger charge is -2.23. The first-order chi connectivity index (χ1) is 13.1. The monoisotopic (exact) mass is 385 g/mol. The van der Waals surface area contributed by atoms with Gasteiger partial charge in [-0.05, 0) is 52.0 Å². The molecule has 2 aromatic rings. The van der Waals surface area contributed by atoms with Crippen LogP contribution in [0, 0.1) is 10.1 Å². The number of benzene rings is 2. The first kappa shape index (κ1) is 20.9. The maximum Gasteiger partial charge on any atom is 0.339 e. The van der Waals surface area contributed by atoms with Gasteiger partial charge in [0.2, 0.25) is 0 Å². The third kappa shape index (κ3) is 5.80. The van der Waals surface area contributed by atoms with Crippen molar-refractivity contribution in [3.63, 3.8) is 0 Å². The fraction of sp³-hybridized carbons (Fsp3) is 0.300. The van der Waals surface area contributed by atoms with Crippen LogP contribution in [0.4, 0.5) is 17.1 Å². The predicted molar refractivity (Wildman–Crippen MR) is 106 cm³/mol. The number of hydrogen-bond donors (Lipinski definition) is 2. The molecule has 0 saturated carbocycles. The zero-order valence-electron chi connectivity index (χ0n) is 16.2. The van der Waals surface area contributed by atoms with E-state index in [1.54, 1.807) is 45.0 Å². The summed E-state index contributed by atoms with van der Waals surface area (Å²) in [5, 5.41) is 17.1. The number of nitrogens with one attached hydrogen (secondary N) is 2. The minimum absolute atomic E-state index is 0.0132. The number of anilines is 2. The highest BCUT2D eigenvalue weighted by Crippen LogP contribution is 2.29. The maximum absolute atomic E-state index is 12.3. The van der Waals surface area contributed by atoms with E-state index in [2.05, 4.69) is 10.6 Å². The van der Waals surface area contributed by atoms with Gasteiger partial charge in [0.15, 0.2) is 6.10 Å². The summed E-state index contributed by atoms with van der Waals surface area (Å²) >= 11 is 0. The van der Waals surface area contributed by atoms with Gasteiger partial charge in [0, 0.05) is 17.3 Å². The second kappa shape index (κ2) is 8.51. The summed E-state index contributed by atoms with van der Waals surface area (Å²) in [6.45, 7) is 6.86. The summed E-state index contributed by atoms with van der Waals surface area (Å²) in [4.78, 5) is 35.2. The van der Waals surface area contributed by atoms with E-state index < -0.39 is 28.4 Å². The third-order valence-corrected chi connectivity index (χ3v) is 3.63. The largest absolute Gasteiger partial charge is 0.449 e. The van der Waals surface area contributed by atoms with Gasteiger partial charge in [0.1, 0.15) is 5.69 Å². The van der Waals surface area contributed by atoms with Crippen molar-refractivity contribution in [2.75, 3.05) is 5.32 Å². The van der Waals surface area contributed by atoms with Crippen LogP contribution in [0.3, 0.4) is 0 Å². The molecule has 0 aliphatic carbocycles. The summed E-state index contributed by atoms with van der Waals surface area (Å²) in [7, 11) is 0. The van der Waals surface area contributed by atoms with E-state index >= 15 is 0 Å². The van der Waals surface area contributed by atoms with Crippen LogP contribution in [0.1, 0.15) is 38.1 Å². The average molecular weight is 385 g/mol. The molecule has 1 unspecified atom stereocenters. The molecular formula is C20H23N3O5. The fourth-order valence-electron chi connectivity index (χ4n) is 2.35. The highest BCUT2D eigenvalue weighted by molar-refractivity contribution is 5.94. The third-order valence-electron chi connectivity index (χ3n) is 3.63. The lowest BCUT2D eigenvalue weighted by molar-refractivity contribution is -0.383. The van der Waals surface area contributed by atoms with Gasteiger partial charge in [-0.3, -0.25) is 14.9 Å². The van der Waals surface area contributed by atoms with Crippen LogP contribution in [-0.4, -0.2) is 28.4 Å². The van der Waals surface area contributed by atoms with Gasteiger partial charge in [-0.1, -0.05) is 18.2 Å². The lowest BCUT2D eigenvalue weighted by Crippen LogP contribution is -2.46. The topological polar surface area (TPSA) is 111 Å². The number of nitrogens with zero attached hydrogens (tertiary/aromatic N) is 1. The van der Waals surface area contributed by atoms with Crippen molar-refractivity contribution in [1.82, 2.24) is 5.32 Å². The molecule has 8 heteroatoms. The molecule has 1 atom stereocenters. The van der Waals surface area contributed by atoms with Crippen molar-refractivity contribution >= 4 is 28.9 Å². The smallest absolute Gasteiger partial charge is 0.339 e. The van der Waals surface area contributed by atoms with Gasteiger partial charge in [-0.15, -0.1) is 0 Å². The number of hydrogen-bond acceptors (Lipinski definition) is 6. The Bertz CT molecular complexity index is 875. The number of nitro benzene ring substituents is 1. The number of para-hydroxylation sites is 1. The Balaban J connectivity index is 2.17. The summed E-state index contributed by atoms with van der Waals surface area (Å²) in [5.74, 6) is -1.26. The molecule has 0 aliphatic rings. The van der Waals surface area contributed by atoms with E-state index in [1.165, 1.54) is 19.1 Å². The van der Waals surface area contributed by atoms with Crippen molar-refractivity contribution in [3.8, 4) is 0 Å². The van der Waals surface area contributed by atoms with Gasteiger partial charge in [-0.25, -0.2) is 4.79 Å². The van der Waals surface area contributed by atoms with Crippen LogP contribution in [0.25, 0.3) is 0 Å². The Kier molecular flexibility index (Phi) is 6.35. The molecule has 2 N–H and O–H groups in total. The van der Waals surface area contributed by atoms with Gasteiger partial charge >= 0.3 is 5.97 Å². The van der Waals surface area contributed by atoms with Gasteiger partial charge < -0.3 is 15.4 Å².